The predicted molar refractivity (Wildman–Crippen MR) is 119 cm³/mol. The van der Waals surface area contributed by atoms with Crippen molar-refractivity contribution >= 4 is 27.5 Å². The lowest BCUT2D eigenvalue weighted by atomic mass is 10.1. The number of carbonyl (C=O) groups excluding carboxylic acids is 1. The van der Waals surface area contributed by atoms with Crippen molar-refractivity contribution in [2.24, 2.45) is 0 Å². The van der Waals surface area contributed by atoms with E-state index in [-0.39, 0.29) is 18.0 Å². The fourth-order valence-corrected chi connectivity index (χ4v) is 4.22. The summed E-state index contributed by atoms with van der Waals surface area (Å²) in [7, 11) is 1.62. The minimum atomic E-state index is -0.207. The van der Waals surface area contributed by atoms with Crippen molar-refractivity contribution in [3.8, 4) is 16.2 Å². The van der Waals surface area contributed by atoms with Crippen LogP contribution in [0.4, 0.5) is 0 Å². The molecular weight excluding hydrogens is 398 g/mol. The van der Waals surface area contributed by atoms with Crippen molar-refractivity contribution in [2.75, 3.05) is 13.7 Å². The summed E-state index contributed by atoms with van der Waals surface area (Å²) in [6.07, 6.45) is 2.18. The summed E-state index contributed by atoms with van der Waals surface area (Å²) in [4.78, 5) is 30.4. The Morgan fingerprint density at radius 2 is 1.90 bits per heavy atom. The quantitative estimate of drug-likeness (QED) is 0.498. The zero-order chi connectivity index (χ0) is 20.9. The Morgan fingerprint density at radius 1 is 1.13 bits per heavy atom. The van der Waals surface area contributed by atoms with E-state index in [1.165, 1.54) is 22.2 Å². The van der Waals surface area contributed by atoms with Gasteiger partial charge >= 0.3 is 0 Å². The Bertz CT molecular complexity index is 1210. The molecular formula is C23H21N3O3S. The second-order valence-corrected chi connectivity index (χ2v) is 7.87. The standard InChI is InChI=1S/C23H21N3O3S/c1-29-18-9-7-17(8-10-18)20-13-19-22(30-20)23(28)26(15-25-19)14-21(27)24-12-11-16-5-3-2-4-6-16/h2-10,13,15H,11-12,14H2,1H3,(H,24,27). The van der Waals surface area contributed by atoms with Crippen LogP contribution in [0.15, 0.2) is 71.8 Å². The number of carbonyl (C=O) groups is 1. The molecule has 0 radical (unpaired) electrons. The van der Waals surface area contributed by atoms with Crippen LogP contribution in [-0.4, -0.2) is 29.1 Å². The first-order valence-electron chi connectivity index (χ1n) is 9.58. The van der Waals surface area contributed by atoms with Gasteiger partial charge in [-0.25, -0.2) is 4.98 Å². The number of fused-ring (bicyclic) bond motifs is 1. The lowest BCUT2D eigenvalue weighted by Crippen LogP contribution is -2.33. The second kappa shape index (κ2) is 8.92. The van der Waals surface area contributed by atoms with E-state index < -0.39 is 0 Å². The molecule has 0 spiro atoms. The average molecular weight is 420 g/mol. The monoisotopic (exact) mass is 419 g/mol. The maximum atomic E-state index is 12.8. The zero-order valence-electron chi connectivity index (χ0n) is 16.5. The highest BCUT2D eigenvalue weighted by atomic mass is 32.1. The van der Waals surface area contributed by atoms with Gasteiger partial charge in [0, 0.05) is 11.4 Å². The van der Waals surface area contributed by atoms with Gasteiger partial charge in [0.1, 0.15) is 17.0 Å². The zero-order valence-corrected chi connectivity index (χ0v) is 17.3. The van der Waals surface area contributed by atoms with E-state index in [4.69, 9.17) is 4.74 Å². The summed E-state index contributed by atoms with van der Waals surface area (Å²) < 4.78 is 7.09. The van der Waals surface area contributed by atoms with Crippen LogP contribution in [0.1, 0.15) is 5.56 Å². The smallest absolute Gasteiger partial charge is 0.271 e. The first kappa shape index (κ1) is 19.8. The molecule has 30 heavy (non-hydrogen) atoms. The molecule has 6 nitrogen and oxygen atoms in total. The van der Waals surface area contributed by atoms with Gasteiger partial charge in [-0.1, -0.05) is 30.3 Å². The molecule has 1 N–H and O–H groups in total. The van der Waals surface area contributed by atoms with Gasteiger partial charge in [-0.2, -0.15) is 0 Å². The van der Waals surface area contributed by atoms with Crippen LogP contribution in [0.3, 0.4) is 0 Å². The number of benzene rings is 2. The summed E-state index contributed by atoms with van der Waals surface area (Å²) in [6, 6.07) is 19.5. The van der Waals surface area contributed by atoms with Crippen molar-refractivity contribution in [3.05, 3.63) is 82.9 Å². The Balaban J connectivity index is 1.46. The number of ether oxygens (including phenoxy) is 1. The van der Waals surface area contributed by atoms with Crippen LogP contribution < -0.4 is 15.6 Å². The molecule has 0 atom stereocenters. The molecule has 0 aliphatic rings. The minimum Gasteiger partial charge on any atom is -0.497 e. The highest BCUT2D eigenvalue weighted by Gasteiger charge is 2.12. The van der Waals surface area contributed by atoms with E-state index >= 15 is 0 Å². The summed E-state index contributed by atoms with van der Waals surface area (Å²) in [5, 5.41) is 2.86. The molecule has 7 heteroatoms. The number of hydrogen-bond acceptors (Lipinski definition) is 5. The third-order valence-corrected chi connectivity index (χ3v) is 5.93. The molecule has 0 saturated carbocycles. The summed E-state index contributed by atoms with van der Waals surface area (Å²) in [5.74, 6) is 0.569. The predicted octanol–water partition coefficient (Wildman–Crippen LogP) is 3.49. The number of thiophene rings is 1. The summed E-state index contributed by atoms with van der Waals surface area (Å²) in [6.45, 7) is 0.472. The minimum absolute atomic E-state index is 0.0493. The average Bonchev–Trinajstić information content (AvgIpc) is 3.22. The first-order chi connectivity index (χ1) is 14.6. The van der Waals surface area contributed by atoms with Crippen LogP contribution in [-0.2, 0) is 17.8 Å². The van der Waals surface area contributed by atoms with Gasteiger partial charge in [-0.15, -0.1) is 11.3 Å². The number of nitrogens with one attached hydrogen (secondary N) is 1. The molecule has 2 heterocycles. The van der Waals surface area contributed by atoms with Crippen LogP contribution in [0.5, 0.6) is 5.75 Å². The van der Waals surface area contributed by atoms with Gasteiger partial charge in [0.05, 0.1) is 19.0 Å². The Kier molecular flexibility index (Phi) is 5.90. The molecule has 0 aliphatic heterocycles. The molecule has 0 fully saturated rings. The van der Waals surface area contributed by atoms with Gasteiger partial charge in [0.2, 0.25) is 5.91 Å². The molecule has 2 aromatic carbocycles. The maximum absolute atomic E-state index is 12.8. The molecule has 0 aliphatic carbocycles. The van der Waals surface area contributed by atoms with Crippen molar-refractivity contribution in [3.63, 3.8) is 0 Å². The summed E-state index contributed by atoms with van der Waals surface area (Å²) >= 11 is 1.38. The SMILES string of the molecule is COc1ccc(-c2cc3ncn(CC(=O)NCCc4ccccc4)c(=O)c3s2)cc1. The van der Waals surface area contributed by atoms with Gasteiger partial charge in [-0.05, 0) is 47.9 Å². The molecule has 0 bridgehead atoms. The number of rotatable bonds is 7. The van der Waals surface area contributed by atoms with E-state index in [0.29, 0.717) is 16.8 Å². The molecule has 1 amide bonds. The van der Waals surface area contributed by atoms with Gasteiger partial charge in [0.25, 0.3) is 5.56 Å². The van der Waals surface area contributed by atoms with E-state index in [2.05, 4.69) is 10.3 Å². The third kappa shape index (κ3) is 4.41. The van der Waals surface area contributed by atoms with E-state index in [1.54, 1.807) is 7.11 Å². The fraction of sp³-hybridized carbons (Fsp3) is 0.174. The Labute approximate surface area is 177 Å². The van der Waals surface area contributed by atoms with Crippen molar-refractivity contribution in [2.45, 2.75) is 13.0 Å². The maximum Gasteiger partial charge on any atom is 0.271 e. The van der Waals surface area contributed by atoms with E-state index in [9.17, 15) is 9.59 Å². The first-order valence-corrected chi connectivity index (χ1v) is 10.4. The van der Waals surface area contributed by atoms with Crippen LogP contribution in [0.25, 0.3) is 20.7 Å². The van der Waals surface area contributed by atoms with Gasteiger partial charge in [0.15, 0.2) is 0 Å². The van der Waals surface area contributed by atoms with Crippen LogP contribution >= 0.6 is 11.3 Å². The lowest BCUT2D eigenvalue weighted by molar-refractivity contribution is -0.121. The molecule has 0 saturated heterocycles. The number of hydrogen-bond donors (Lipinski definition) is 1. The topological polar surface area (TPSA) is 73.2 Å². The molecule has 4 aromatic rings. The lowest BCUT2D eigenvalue weighted by Gasteiger charge is -2.07. The number of aromatic nitrogens is 2. The highest BCUT2D eigenvalue weighted by Crippen LogP contribution is 2.31. The van der Waals surface area contributed by atoms with Crippen LogP contribution in [0, 0.1) is 0 Å². The van der Waals surface area contributed by atoms with Crippen molar-refractivity contribution in [1.82, 2.24) is 14.9 Å². The molecule has 4 rings (SSSR count). The van der Waals surface area contributed by atoms with Gasteiger partial charge < -0.3 is 10.1 Å². The van der Waals surface area contributed by atoms with E-state index in [1.807, 2.05) is 60.7 Å². The fourth-order valence-electron chi connectivity index (χ4n) is 3.16. The largest absolute Gasteiger partial charge is 0.497 e. The van der Waals surface area contributed by atoms with E-state index in [0.717, 1.165) is 28.2 Å². The third-order valence-electron chi connectivity index (χ3n) is 4.77. The molecule has 152 valence electrons. The Hall–Kier alpha value is -3.45. The molecule has 2 aromatic heterocycles. The van der Waals surface area contributed by atoms with Crippen molar-refractivity contribution in [1.29, 1.82) is 0 Å². The number of nitrogens with zero attached hydrogens (tertiary/aromatic N) is 2. The molecule has 0 unspecified atom stereocenters. The Morgan fingerprint density at radius 3 is 2.63 bits per heavy atom. The number of methoxy groups -OCH3 is 1. The number of amides is 1. The normalized spacial score (nSPS) is 10.8. The van der Waals surface area contributed by atoms with Crippen LogP contribution in [0.2, 0.25) is 0 Å². The van der Waals surface area contributed by atoms with Crippen molar-refractivity contribution < 1.29 is 9.53 Å². The van der Waals surface area contributed by atoms with Gasteiger partial charge in [-0.3, -0.25) is 14.2 Å². The summed E-state index contributed by atoms with van der Waals surface area (Å²) in [5.41, 5.74) is 2.57. The highest BCUT2D eigenvalue weighted by molar-refractivity contribution is 7.22. The second-order valence-electron chi connectivity index (χ2n) is 6.82.